The Morgan fingerprint density at radius 1 is 1.20 bits per heavy atom. The maximum Gasteiger partial charge on any atom is 0.239 e. The smallest absolute Gasteiger partial charge is 0.239 e. The molecule has 0 bridgehead atoms. The van der Waals surface area contributed by atoms with E-state index in [1.807, 2.05) is 19.1 Å². The number of thioether (sulfide) groups is 1. The molecule has 0 saturated heterocycles. The number of aromatic nitrogens is 6. The summed E-state index contributed by atoms with van der Waals surface area (Å²) >= 11 is 1.56. The van der Waals surface area contributed by atoms with E-state index < -0.39 is 0 Å². The maximum atomic E-state index is 5.44. The lowest BCUT2D eigenvalue weighted by Gasteiger charge is -2.11. The molecule has 132 valence electrons. The van der Waals surface area contributed by atoms with Gasteiger partial charge in [0.1, 0.15) is 0 Å². The van der Waals surface area contributed by atoms with E-state index in [4.69, 9.17) is 4.52 Å². The molecule has 1 atom stereocenters. The van der Waals surface area contributed by atoms with Crippen molar-refractivity contribution in [3.63, 3.8) is 0 Å². The van der Waals surface area contributed by atoms with Gasteiger partial charge in [-0.05, 0) is 26.0 Å². The van der Waals surface area contributed by atoms with Crippen molar-refractivity contribution in [2.24, 2.45) is 0 Å². The summed E-state index contributed by atoms with van der Waals surface area (Å²) in [6.07, 6.45) is 3.51. The summed E-state index contributed by atoms with van der Waals surface area (Å²) in [5.41, 5.74) is 0.862. The Hall–Kier alpha value is -2.22. The largest absolute Gasteiger partial charge is 0.338 e. The fourth-order valence-corrected chi connectivity index (χ4v) is 3.23. The Balaban J connectivity index is 1.83. The molecule has 8 heteroatoms. The van der Waals surface area contributed by atoms with Crippen LogP contribution in [0.3, 0.4) is 0 Å². The van der Waals surface area contributed by atoms with Crippen LogP contribution in [0.5, 0.6) is 0 Å². The Morgan fingerprint density at radius 3 is 2.52 bits per heavy atom. The molecule has 0 spiro atoms. The first-order chi connectivity index (χ1) is 11.9. The molecular weight excluding hydrogens is 336 g/mol. The first-order valence-electron chi connectivity index (χ1n) is 8.24. The van der Waals surface area contributed by atoms with E-state index >= 15 is 0 Å². The zero-order valence-corrected chi connectivity index (χ0v) is 15.9. The SMILES string of the molecule is CCn1c(SC(C)c2nc(C(C)(C)C)no2)nnc1-c1ccncc1. The predicted octanol–water partition coefficient (Wildman–Crippen LogP) is 3.89. The summed E-state index contributed by atoms with van der Waals surface area (Å²) < 4.78 is 7.52. The topological polar surface area (TPSA) is 82.5 Å². The van der Waals surface area contributed by atoms with Gasteiger partial charge in [-0.1, -0.05) is 37.7 Å². The lowest BCUT2D eigenvalue weighted by molar-refractivity contribution is 0.364. The van der Waals surface area contributed by atoms with Crippen LogP contribution in [0.1, 0.15) is 51.6 Å². The molecule has 0 aliphatic rings. The fourth-order valence-electron chi connectivity index (χ4n) is 2.29. The Kier molecular flexibility index (Phi) is 4.89. The Morgan fingerprint density at radius 2 is 1.92 bits per heavy atom. The van der Waals surface area contributed by atoms with E-state index in [9.17, 15) is 0 Å². The molecule has 3 rings (SSSR count). The van der Waals surface area contributed by atoms with Crippen molar-refractivity contribution in [2.75, 3.05) is 0 Å². The van der Waals surface area contributed by atoms with Gasteiger partial charge in [0.25, 0.3) is 0 Å². The second-order valence-electron chi connectivity index (χ2n) is 6.75. The minimum atomic E-state index is -0.135. The molecular formula is C17H22N6OS. The highest BCUT2D eigenvalue weighted by Crippen LogP contribution is 2.35. The number of hydrogen-bond donors (Lipinski definition) is 0. The molecule has 0 aliphatic carbocycles. The summed E-state index contributed by atoms with van der Waals surface area (Å²) in [7, 11) is 0. The molecule has 0 aromatic carbocycles. The highest BCUT2D eigenvalue weighted by Gasteiger charge is 2.25. The van der Waals surface area contributed by atoms with Crippen LogP contribution >= 0.6 is 11.8 Å². The van der Waals surface area contributed by atoms with Crippen LogP contribution in [-0.2, 0) is 12.0 Å². The minimum absolute atomic E-state index is 0.0107. The van der Waals surface area contributed by atoms with Gasteiger partial charge in [0, 0.05) is 29.9 Å². The van der Waals surface area contributed by atoms with Crippen molar-refractivity contribution in [3.05, 3.63) is 36.2 Å². The van der Waals surface area contributed by atoms with Crippen LogP contribution in [0.4, 0.5) is 0 Å². The molecule has 1 unspecified atom stereocenters. The average Bonchev–Trinajstić information content (AvgIpc) is 3.22. The first-order valence-corrected chi connectivity index (χ1v) is 9.12. The van der Waals surface area contributed by atoms with Gasteiger partial charge in [0.05, 0.1) is 5.25 Å². The van der Waals surface area contributed by atoms with E-state index in [2.05, 4.69) is 57.6 Å². The normalized spacial score (nSPS) is 13.2. The Labute approximate surface area is 151 Å². The zero-order chi connectivity index (χ0) is 18.0. The lowest BCUT2D eigenvalue weighted by atomic mass is 9.96. The quantitative estimate of drug-likeness (QED) is 0.640. The fraction of sp³-hybridized carbons (Fsp3) is 0.471. The third-order valence-electron chi connectivity index (χ3n) is 3.71. The molecule has 0 N–H and O–H groups in total. The third-order valence-corrected chi connectivity index (χ3v) is 4.78. The van der Waals surface area contributed by atoms with Gasteiger partial charge in [-0.25, -0.2) is 0 Å². The summed E-state index contributed by atoms with van der Waals surface area (Å²) in [4.78, 5) is 8.59. The molecule has 25 heavy (non-hydrogen) atoms. The van der Waals surface area contributed by atoms with Crippen LogP contribution in [0.15, 0.2) is 34.2 Å². The highest BCUT2D eigenvalue weighted by atomic mass is 32.2. The van der Waals surface area contributed by atoms with Crippen LogP contribution < -0.4 is 0 Å². The van der Waals surface area contributed by atoms with Crippen LogP contribution in [0.25, 0.3) is 11.4 Å². The van der Waals surface area contributed by atoms with Gasteiger partial charge >= 0.3 is 0 Å². The van der Waals surface area contributed by atoms with Crippen molar-refractivity contribution in [1.82, 2.24) is 29.9 Å². The van der Waals surface area contributed by atoms with Crippen LogP contribution in [-0.4, -0.2) is 29.9 Å². The summed E-state index contributed by atoms with van der Waals surface area (Å²) in [5, 5.41) is 13.6. The van der Waals surface area contributed by atoms with E-state index in [1.54, 1.807) is 24.2 Å². The predicted molar refractivity (Wildman–Crippen MR) is 96.2 cm³/mol. The maximum absolute atomic E-state index is 5.44. The number of pyridine rings is 1. The Bertz CT molecular complexity index is 836. The van der Waals surface area contributed by atoms with Crippen molar-refractivity contribution in [2.45, 2.75) is 57.0 Å². The molecule has 3 aromatic rings. The van der Waals surface area contributed by atoms with Crippen LogP contribution in [0, 0.1) is 0 Å². The van der Waals surface area contributed by atoms with Gasteiger partial charge in [0.2, 0.25) is 5.89 Å². The average molecular weight is 358 g/mol. The minimum Gasteiger partial charge on any atom is -0.338 e. The zero-order valence-electron chi connectivity index (χ0n) is 15.1. The molecule has 0 aliphatic heterocycles. The lowest BCUT2D eigenvalue weighted by Crippen LogP contribution is -2.13. The summed E-state index contributed by atoms with van der Waals surface area (Å²) in [5.74, 6) is 2.15. The molecule has 3 heterocycles. The second-order valence-corrected chi connectivity index (χ2v) is 8.06. The number of rotatable bonds is 5. The van der Waals surface area contributed by atoms with Gasteiger partial charge in [-0.2, -0.15) is 4.98 Å². The summed E-state index contributed by atoms with van der Waals surface area (Å²) in [6.45, 7) is 11.1. The van der Waals surface area contributed by atoms with Gasteiger partial charge in [-0.15, -0.1) is 10.2 Å². The first kappa shape index (κ1) is 17.6. The van der Waals surface area contributed by atoms with E-state index in [-0.39, 0.29) is 10.7 Å². The molecule has 0 fully saturated rings. The van der Waals surface area contributed by atoms with Gasteiger partial charge < -0.3 is 9.09 Å². The number of nitrogens with zero attached hydrogens (tertiary/aromatic N) is 6. The highest BCUT2D eigenvalue weighted by molar-refractivity contribution is 7.99. The molecule has 0 saturated carbocycles. The van der Waals surface area contributed by atoms with Crippen LogP contribution in [0.2, 0.25) is 0 Å². The molecule has 7 nitrogen and oxygen atoms in total. The molecule has 0 amide bonds. The molecule has 3 aromatic heterocycles. The third kappa shape index (κ3) is 3.73. The van der Waals surface area contributed by atoms with Gasteiger partial charge in [-0.3, -0.25) is 4.98 Å². The van der Waals surface area contributed by atoms with E-state index in [0.717, 1.165) is 23.1 Å². The van der Waals surface area contributed by atoms with E-state index in [0.29, 0.717) is 11.7 Å². The van der Waals surface area contributed by atoms with E-state index in [1.165, 1.54) is 0 Å². The van der Waals surface area contributed by atoms with Crippen molar-refractivity contribution >= 4 is 11.8 Å². The van der Waals surface area contributed by atoms with Crippen molar-refractivity contribution in [1.29, 1.82) is 0 Å². The summed E-state index contributed by atoms with van der Waals surface area (Å²) in [6, 6.07) is 3.86. The monoisotopic (exact) mass is 358 g/mol. The van der Waals surface area contributed by atoms with Crippen molar-refractivity contribution in [3.8, 4) is 11.4 Å². The molecule has 0 radical (unpaired) electrons. The second kappa shape index (κ2) is 6.95. The number of hydrogen-bond acceptors (Lipinski definition) is 7. The van der Waals surface area contributed by atoms with Gasteiger partial charge in [0.15, 0.2) is 16.8 Å². The van der Waals surface area contributed by atoms with Crippen molar-refractivity contribution < 1.29 is 4.52 Å². The standard InChI is InChI=1S/C17H22N6OS/c1-6-23-13(12-7-9-18-10-8-12)20-21-16(23)25-11(2)14-19-15(22-24-14)17(3,4)5/h7-11H,6H2,1-5H3.